The fourth-order valence-electron chi connectivity index (χ4n) is 4.51. The minimum Gasteiger partial charge on any atom is -0.483 e. The fraction of sp³-hybridized carbons (Fsp3) is 0.350. The van der Waals surface area contributed by atoms with Crippen LogP contribution in [0.2, 0.25) is 0 Å². The Balaban J connectivity index is 1.62. The van der Waals surface area contributed by atoms with Gasteiger partial charge in [-0.25, -0.2) is 0 Å². The number of benzene rings is 2. The van der Waals surface area contributed by atoms with Crippen LogP contribution in [0.15, 0.2) is 36.4 Å². The second kappa shape index (κ2) is 5.07. The molecule has 120 valence electrons. The summed E-state index contributed by atoms with van der Waals surface area (Å²) in [5.41, 5.74) is 11.7. The van der Waals surface area contributed by atoms with Crippen LogP contribution < -0.4 is 10.5 Å². The van der Waals surface area contributed by atoms with E-state index in [0.29, 0.717) is 11.6 Å². The third-order valence-corrected chi connectivity index (χ3v) is 5.64. The molecule has 0 saturated carbocycles. The Morgan fingerprint density at radius 2 is 2.12 bits per heavy atom. The van der Waals surface area contributed by atoms with Gasteiger partial charge in [0.05, 0.1) is 17.7 Å². The van der Waals surface area contributed by atoms with Crippen LogP contribution in [0.3, 0.4) is 0 Å². The summed E-state index contributed by atoms with van der Waals surface area (Å²) in [5.74, 6) is 0.888. The van der Waals surface area contributed by atoms with Crippen LogP contribution in [-0.2, 0) is 6.42 Å². The van der Waals surface area contributed by atoms with E-state index in [0.717, 1.165) is 37.2 Å². The van der Waals surface area contributed by atoms with Crippen LogP contribution in [0.1, 0.15) is 29.2 Å². The lowest BCUT2D eigenvalue weighted by atomic mass is 9.91. The second-order valence-corrected chi connectivity index (χ2v) is 7.05. The maximum atomic E-state index is 9.21. The SMILES string of the molecule is N#Cc1ccc2c(c1)-c1cccc3c1C(O2)C(N1CCC(N)C1)C3. The van der Waals surface area contributed by atoms with E-state index in [1.54, 1.807) is 0 Å². The topological polar surface area (TPSA) is 62.3 Å². The van der Waals surface area contributed by atoms with E-state index >= 15 is 0 Å². The minimum atomic E-state index is 0.0712. The molecule has 2 aromatic carbocycles. The van der Waals surface area contributed by atoms with Crippen LogP contribution in [0, 0.1) is 11.3 Å². The molecule has 3 unspecified atom stereocenters. The highest BCUT2D eigenvalue weighted by molar-refractivity contribution is 5.79. The predicted octanol–water partition coefficient (Wildman–Crippen LogP) is 2.62. The Hall–Kier alpha value is -2.35. The van der Waals surface area contributed by atoms with Gasteiger partial charge in [-0.15, -0.1) is 0 Å². The second-order valence-electron chi connectivity index (χ2n) is 7.05. The lowest BCUT2D eigenvalue weighted by molar-refractivity contribution is 0.0917. The number of nitrogens with two attached hydrogens (primary N) is 1. The first-order valence-corrected chi connectivity index (χ1v) is 8.57. The van der Waals surface area contributed by atoms with Crippen molar-refractivity contribution in [1.82, 2.24) is 4.90 Å². The van der Waals surface area contributed by atoms with Gasteiger partial charge in [0.1, 0.15) is 11.9 Å². The van der Waals surface area contributed by atoms with E-state index in [1.807, 2.05) is 18.2 Å². The average molecular weight is 317 g/mol. The molecule has 5 rings (SSSR count). The maximum absolute atomic E-state index is 9.21. The molecular weight excluding hydrogens is 298 g/mol. The summed E-state index contributed by atoms with van der Waals surface area (Å²) < 4.78 is 6.43. The molecule has 1 fully saturated rings. The first-order chi connectivity index (χ1) is 11.7. The van der Waals surface area contributed by atoms with Gasteiger partial charge in [0.2, 0.25) is 0 Å². The van der Waals surface area contributed by atoms with E-state index in [9.17, 15) is 5.26 Å². The summed E-state index contributed by atoms with van der Waals surface area (Å²) in [6, 6.07) is 15.1. The van der Waals surface area contributed by atoms with Gasteiger partial charge in [-0.3, -0.25) is 4.90 Å². The zero-order valence-corrected chi connectivity index (χ0v) is 13.4. The number of ether oxygens (including phenoxy) is 1. The molecule has 24 heavy (non-hydrogen) atoms. The summed E-state index contributed by atoms with van der Waals surface area (Å²) in [4.78, 5) is 2.49. The molecule has 0 amide bonds. The smallest absolute Gasteiger partial charge is 0.140 e. The van der Waals surface area contributed by atoms with E-state index in [1.165, 1.54) is 16.7 Å². The normalized spacial score (nSPS) is 27.2. The highest BCUT2D eigenvalue weighted by Gasteiger charge is 2.43. The number of hydrogen-bond acceptors (Lipinski definition) is 4. The van der Waals surface area contributed by atoms with E-state index in [-0.39, 0.29) is 12.1 Å². The number of nitriles is 1. The summed E-state index contributed by atoms with van der Waals surface area (Å²) in [6.07, 6.45) is 2.15. The van der Waals surface area contributed by atoms with Crippen LogP contribution in [0.5, 0.6) is 5.75 Å². The lowest BCUT2D eigenvalue weighted by Gasteiger charge is -2.33. The molecule has 0 bridgehead atoms. The van der Waals surface area contributed by atoms with Crippen molar-refractivity contribution >= 4 is 0 Å². The first kappa shape index (κ1) is 14.0. The van der Waals surface area contributed by atoms with Crippen molar-refractivity contribution in [3.63, 3.8) is 0 Å². The van der Waals surface area contributed by atoms with Crippen LogP contribution >= 0.6 is 0 Å². The van der Waals surface area contributed by atoms with Crippen molar-refractivity contribution in [3.8, 4) is 22.9 Å². The van der Waals surface area contributed by atoms with Gasteiger partial charge in [-0.2, -0.15) is 5.26 Å². The van der Waals surface area contributed by atoms with E-state index in [2.05, 4.69) is 29.2 Å². The summed E-state index contributed by atoms with van der Waals surface area (Å²) in [6.45, 7) is 2.00. The van der Waals surface area contributed by atoms with Gasteiger partial charge < -0.3 is 10.5 Å². The quantitative estimate of drug-likeness (QED) is 0.878. The lowest BCUT2D eigenvalue weighted by Crippen LogP contribution is -2.40. The number of fused-ring (bicyclic) bond motifs is 2. The molecule has 2 N–H and O–H groups in total. The van der Waals surface area contributed by atoms with Crippen LogP contribution in [-0.4, -0.2) is 30.1 Å². The number of nitrogens with zero attached hydrogens (tertiary/aromatic N) is 2. The number of hydrogen-bond donors (Lipinski definition) is 1. The molecule has 1 saturated heterocycles. The number of likely N-dealkylation sites (tertiary alicyclic amines) is 1. The molecule has 3 atom stereocenters. The molecule has 0 spiro atoms. The molecule has 1 aliphatic carbocycles. The Bertz CT molecular complexity index is 870. The molecule has 0 aromatic heterocycles. The molecule has 2 heterocycles. The molecule has 4 nitrogen and oxygen atoms in total. The fourth-order valence-corrected chi connectivity index (χ4v) is 4.51. The van der Waals surface area contributed by atoms with Gasteiger partial charge in [0, 0.05) is 30.3 Å². The van der Waals surface area contributed by atoms with E-state index < -0.39 is 0 Å². The molecule has 3 aliphatic rings. The van der Waals surface area contributed by atoms with Gasteiger partial charge in [0.25, 0.3) is 0 Å². The van der Waals surface area contributed by atoms with Crippen molar-refractivity contribution in [2.24, 2.45) is 5.73 Å². The van der Waals surface area contributed by atoms with Crippen molar-refractivity contribution in [1.29, 1.82) is 5.26 Å². The van der Waals surface area contributed by atoms with Gasteiger partial charge >= 0.3 is 0 Å². The van der Waals surface area contributed by atoms with Gasteiger partial charge in [0.15, 0.2) is 0 Å². The third-order valence-electron chi connectivity index (χ3n) is 5.64. The third kappa shape index (κ3) is 1.92. The maximum Gasteiger partial charge on any atom is 0.140 e. The predicted molar refractivity (Wildman–Crippen MR) is 91.6 cm³/mol. The average Bonchev–Trinajstić information content (AvgIpc) is 3.19. The summed E-state index contributed by atoms with van der Waals surface area (Å²) >= 11 is 0. The first-order valence-electron chi connectivity index (χ1n) is 8.57. The molecule has 2 aromatic rings. The summed E-state index contributed by atoms with van der Waals surface area (Å²) in [5, 5.41) is 9.21. The Morgan fingerprint density at radius 1 is 1.21 bits per heavy atom. The van der Waals surface area contributed by atoms with Crippen molar-refractivity contribution in [3.05, 3.63) is 53.1 Å². The Kier molecular flexibility index (Phi) is 2.97. The largest absolute Gasteiger partial charge is 0.483 e. The van der Waals surface area contributed by atoms with Gasteiger partial charge in [-0.1, -0.05) is 18.2 Å². The monoisotopic (exact) mass is 317 g/mol. The van der Waals surface area contributed by atoms with Crippen LogP contribution in [0.25, 0.3) is 11.1 Å². The Morgan fingerprint density at radius 3 is 2.92 bits per heavy atom. The zero-order valence-electron chi connectivity index (χ0n) is 13.4. The minimum absolute atomic E-state index is 0.0712. The van der Waals surface area contributed by atoms with Gasteiger partial charge in [-0.05, 0) is 42.2 Å². The van der Waals surface area contributed by atoms with E-state index in [4.69, 9.17) is 10.5 Å². The highest BCUT2D eigenvalue weighted by atomic mass is 16.5. The molecule has 4 heteroatoms. The molecule has 2 aliphatic heterocycles. The van der Waals surface area contributed by atoms with Crippen LogP contribution in [0.4, 0.5) is 0 Å². The number of rotatable bonds is 1. The van der Waals surface area contributed by atoms with Crippen molar-refractivity contribution in [2.75, 3.05) is 13.1 Å². The highest BCUT2D eigenvalue weighted by Crippen LogP contribution is 2.50. The van der Waals surface area contributed by atoms with Crippen molar-refractivity contribution < 1.29 is 4.74 Å². The van der Waals surface area contributed by atoms with Crippen molar-refractivity contribution in [2.45, 2.75) is 31.0 Å². The molecular formula is C20H19N3O. The standard InChI is InChI=1S/C20H19N3O/c21-10-12-4-5-18-16(8-12)15-3-1-2-13-9-17(20(24-18)19(13)15)23-7-6-14(22)11-23/h1-5,8,14,17,20H,6-7,9,11,22H2. The zero-order chi connectivity index (χ0) is 16.3. The Labute approximate surface area is 141 Å². The summed E-state index contributed by atoms with van der Waals surface area (Å²) in [7, 11) is 0. The molecule has 0 radical (unpaired) electrons.